The van der Waals surface area contributed by atoms with Crippen molar-refractivity contribution in [2.75, 3.05) is 11.9 Å². The summed E-state index contributed by atoms with van der Waals surface area (Å²) in [7, 11) is 0. The van der Waals surface area contributed by atoms with E-state index in [0.717, 1.165) is 0 Å². The fourth-order valence-electron chi connectivity index (χ4n) is 0.616. The highest BCUT2D eigenvalue weighted by atomic mass is 15.2. The van der Waals surface area contributed by atoms with Crippen LogP contribution in [0.5, 0.6) is 0 Å². The van der Waals surface area contributed by atoms with Crippen molar-refractivity contribution >= 4 is 5.82 Å². The monoisotopic (exact) mass is 159 g/mol. The van der Waals surface area contributed by atoms with Crippen molar-refractivity contribution in [3.63, 3.8) is 0 Å². The van der Waals surface area contributed by atoms with Gasteiger partial charge in [-0.15, -0.1) is 10.2 Å². The molecule has 0 saturated carbocycles. The van der Waals surface area contributed by atoms with Gasteiger partial charge in [-0.2, -0.15) is 10.5 Å². The van der Waals surface area contributed by atoms with Gasteiger partial charge in [0.05, 0.1) is 6.07 Å². The molecule has 0 radical (unpaired) electrons. The van der Waals surface area contributed by atoms with E-state index < -0.39 is 0 Å². The van der Waals surface area contributed by atoms with Crippen LogP contribution in [0.1, 0.15) is 5.69 Å². The fourth-order valence-corrected chi connectivity index (χ4v) is 0.616. The molecule has 0 aromatic carbocycles. The highest BCUT2D eigenvalue weighted by Gasteiger charge is 1.93. The minimum atomic E-state index is 0.181. The first-order chi connectivity index (χ1) is 5.86. The maximum Gasteiger partial charge on any atom is 0.163 e. The van der Waals surface area contributed by atoms with Gasteiger partial charge in [0.15, 0.2) is 5.69 Å². The molecule has 5 nitrogen and oxygen atoms in total. The second-order valence-electron chi connectivity index (χ2n) is 1.93. The van der Waals surface area contributed by atoms with Gasteiger partial charge in [0.1, 0.15) is 18.4 Å². The van der Waals surface area contributed by atoms with Crippen LogP contribution in [0, 0.1) is 22.7 Å². The summed E-state index contributed by atoms with van der Waals surface area (Å²) in [6.45, 7) is 0.181. The molecule has 1 aromatic heterocycles. The van der Waals surface area contributed by atoms with Crippen molar-refractivity contribution in [1.29, 1.82) is 10.5 Å². The molecular formula is C7H5N5. The number of hydrogen-bond donors (Lipinski definition) is 1. The molecule has 0 aliphatic heterocycles. The van der Waals surface area contributed by atoms with E-state index in [1.807, 2.05) is 12.1 Å². The Kier molecular flexibility index (Phi) is 2.58. The zero-order valence-electron chi connectivity index (χ0n) is 6.15. The number of anilines is 1. The lowest BCUT2D eigenvalue weighted by Crippen LogP contribution is -2.01. The molecule has 1 aromatic rings. The summed E-state index contributed by atoms with van der Waals surface area (Å²) in [5, 5.41) is 26.5. The summed E-state index contributed by atoms with van der Waals surface area (Å²) in [6.07, 6.45) is 0. The molecule has 1 N–H and O–H groups in total. The molecule has 12 heavy (non-hydrogen) atoms. The van der Waals surface area contributed by atoms with Crippen molar-refractivity contribution in [3.05, 3.63) is 17.8 Å². The van der Waals surface area contributed by atoms with Gasteiger partial charge in [0.2, 0.25) is 0 Å². The highest BCUT2D eigenvalue weighted by molar-refractivity contribution is 5.35. The Morgan fingerprint density at radius 2 is 2.17 bits per heavy atom. The quantitative estimate of drug-likeness (QED) is 0.626. The topological polar surface area (TPSA) is 85.4 Å². The molecule has 0 saturated heterocycles. The van der Waals surface area contributed by atoms with Gasteiger partial charge in [-0.25, -0.2) is 0 Å². The van der Waals surface area contributed by atoms with E-state index in [1.165, 1.54) is 6.07 Å². The van der Waals surface area contributed by atoms with Gasteiger partial charge in [-0.05, 0) is 12.1 Å². The van der Waals surface area contributed by atoms with Crippen LogP contribution in [0.4, 0.5) is 5.82 Å². The van der Waals surface area contributed by atoms with Crippen LogP contribution >= 0.6 is 0 Å². The summed E-state index contributed by atoms with van der Waals surface area (Å²) in [5.74, 6) is 0.496. The van der Waals surface area contributed by atoms with E-state index in [9.17, 15) is 0 Å². The Balaban J connectivity index is 2.68. The lowest BCUT2D eigenvalue weighted by molar-refractivity contribution is 1.00. The number of nitriles is 2. The van der Waals surface area contributed by atoms with E-state index in [1.54, 1.807) is 6.07 Å². The molecular weight excluding hydrogens is 154 g/mol. The number of nitrogens with zero attached hydrogens (tertiary/aromatic N) is 4. The third-order valence-corrected chi connectivity index (χ3v) is 1.13. The Morgan fingerprint density at radius 3 is 2.67 bits per heavy atom. The molecule has 1 heterocycles. The molecule has 0 bridgehead atoms. The lowest BCUT2D eigenvalue weighted by atomic mass is 10.4. The van der Waals surface area contributed by atoms with Crippen LogP contribution in [0.15, 0.2) is 12.1 Å². The van der Waals surface area contributed by atoms with Gasteiger partial charge in [-0.1, -0.05) is 0 Å². The van der Waals surface area contributed by atoms with Crippen LogP contribution < -0.4 is 5.32 Å². The predicted octanol–water partition coefficient (Wildman–Crippen LogP) is 0.284. The standard InChI is InChI=1S/C7H5N5/c8-3-4-10-7-2-1-6(5-9)11-12-7/h1-2H,4H2,(H,10,12). The fraction of sp³-hybridized carbons (Fsp3) is 0.143. The zero-order valence-corrected chi connectivity index (χ0v) is 6.15. The molecule has 0 atom stereocenters. The minimum absolute atomic E-state index is 0.181. The van der Waals surface area contributed by atoms with Crippen LogP contribution in [0.2, 0.25) is 0 Å². The molecule has 0 aliphatic carbocycles. The zero-order chi connectivity index (χ0) is 8.81. The Labute approximate surface area is 69.3 Å². The maximum atomic E-state index is 8.38. The van der Waals surface area contributed by atoms with E-state index in [-0.39, 0.29) is 12.2 Å². The van der Waals surface area contributed by atoms with Gasteiger partial charge in [0.25, 0.3) is 0 Å². The first-order valence-electron chi connectivity index (χ1n) is 3.21. The Hall–Kier alpha value is -2.14. The highest BCUT2D eigenvalue weighted by Crippen LogP contribution is 1.99. The molecule has 1 rings (SSSR count). The van der Waals surface area contributed by atoms with Crippen LogP contribution in [-0.4, -0.2) is 16.7 Å². The predicted molar refractivity (Wildman–Crippen MR) is 40.8 cm³/mol. The molecule has 58 valence electrons. The Bertz CT molecular complexity index is 328. The molecule has 0 amide bonds. The molecule has 0 spiro atoms. The second kappa shape index (κ2) is 3.89. The molecule has 0 aliphatic rings. The summed E-state index contributed by atoms with van der Waals surface area (Å²) in [4.78, 5) is 0. The van der Waals surface area contributed by atoms with Crippen molar-refractivity contribution in [2.24, 2.45) is 0 Å². The van der Waals surface area contributed by atoms with Crippen molar-refractivity contribution < 1.29 is 0 Å². The van der Waals surface area contributed by atoms with Crippen molar-refractivity contribution in [2.45, 2.75) is 0 Å². The first kappa shape index (κ1) is 7.96. The normalized spacial score (nSPS) is 8.17. The SMILES string of the molecule is N#CCNc1ccc(C#N)nn1. The first-order valence-corrected chi connectivity index (χ1v) is 3.21. The number of hydrogen-bond acceptors (Lipinski definition) is 5. The van der Waals surface area contributed by atoms with Gasteiger partial charge in [-0.3, -0.25) is 0 Å². The molecule has 5 heteroatoms. The largest absolute Gasteiger partial charge is 0.356 e. The molecule has 0 fully saturated rings. The number of aromatic nitrogens is 2. The van der Waals surface area contributed by atoms with Crippen molar-refractivity contribution in [1.82, 2.24) is 10.2 Å². The smallest absolute Gasteiger partial charge is 0.163 e. The summed E-state index contributed by atoms with van der Waals surface area (Å²) >= 11 is 0. The summed E-state index contributed by atoms with van der Waals surface area (Å²) in [6, 6.07) is 6.88. The minimum Gasteiger partial charge on any atom is -0.356 e. The molecule has 0 unspecified atom stereocenters. The summed E-state index contributed by atoms with van der Waals surface area (Å²) in [5.41, 5.74) is 0.262. The third kappa shape index (κ3) is 1.93. The Morgan fingerprint density at radius 1 is 1.33 bits per heavy atom. The van der Waals surface area contributed by atoms with Crippen LogP contribution in [0.25, 0.3) is 0 Å². The van der Waals surface area contributed by atoms with E-state index in [0.29, 0.717) is 5.82 Å². The lowest BCUT2D eigenvalue weighted by Gasteiger charge is -1.96. The van der Waals surface area contributed by atoms with Gasteiger partial charge >= 0.3 is 0 Å². The average molecular weight is 159 g/mol. The number of nitrogens with one attached hydrogen (secondary N) is 1. The van der Waals surface area contributed by atoms with E-state index in [2.05, 4.69) is 15.5 Å². The second-order valence-corrected chi connectivity index (χ2v) is 1.93. The van der Waals surface area contributed by atoms with Crippen LogP contribution in [-0.2, 0) is 0 Å². The van der Waals surface area contributed by atoms with Gasteiger partial charge < -0.3 is 5.32 Å². The van der Waals surface area contributed by atoms with E-state index >= 15 is 0 Å². The number of rotatable bonds is 2. The third-order valence-electron chi connectivity index (χ3n) is 1.13. The van der Waals surface area contributed by atoms with Crippen LogP contribution in [0.3, 0.4) is 0 Å². The van der Waals surface area contributed by atoms with Crippen molar-refractivity contribution in [3.8, 4) is 12.1 Å². The average Bonchev–Trinajstić information content (AvgIpc) is 2.15. The maximum absolute atomic E-state index is 8.38. The van der Waals surface area contributed by atoms with E-state index in [4.69, 9.17) is 10.5 Å². The van der Waals surface area contributed by atoms with Gasteiger partial charge in [0, 0.05) is 0 Å². The summed E-state index contributed by atoms with van der Waals surface area (Å²) < 4.78 is 0.